The summed E-state index contributed by atoms with van der Waals surface area (Å²) in [7, 11) is -1.22. The molecular weight excluding hydrogens is 536 g/mol. The Kier molecular flexibility index (Phi) is 10.5. The number of carbonyl (C=O) groups excluding carboxylic acids is 2. The number of benzene rings is 3. The standard InChI is InChI=1S/C29H35ClN4O4S/c1-22(2)31-29(36)27(19-23-13-7-5-8-14-23)33(20-24-15-11-12-18-26(24)30)28(35)21-34(39(37,38)32(3)4)25-16-9-6-10-17-25/h5-18,22,27H,19-21H2,1-4H3,(H,31,36)/t27-/m0/s1. The smallest absolute Gasteiger partial charge is 0.304 e. The first-order valence-corrected chi connectivity index (χ1v) is 14.4. The van der Waals surface area contributed by atoms with Crippen LogP contribution in [0.3, 0.4) is 0 Å². The fraction of sp³-hybridized carbons (Fsp3) is 0.310. The molecule has 0 radical (unpaired) electrons. The second-order valence-corrected chi connectivity index (χ2v) is 12.1. The number of rotatable bonds is 12. The Balaban J connectivity index is 2.09. The zero-order valence-corrected chi connectivity index (χ0v) is 24.2. The second-order valence-electron chi connectivity index (χ2n) is 9.61. The fourth-order valence-corrected chi connectivity index (χ4v) is 5.31. The van der Waals surface area contributed by atoms with Crippen molar-refractivity contribution in [2.45, 2.75) is 38.9 Å². The number of halogens is 1. The molecule has 0 spiro atoms. The molecule has 1 atom stereocenters. The lowest BCUT2D eigenvalue weighted by Crippen LogP contribution is -2.55. The van der Waals surface area contributed by atoms with Crippen LogP contribution in [0.1, 0.15) is 25.0 Å². The van der Waals surface area contributed by atoms with E-state index < -0.39 is 28.7 Å². The Morgan fingerprint density at radius 3 is 2.00 bits per heavy atom. The summed E-state index contributed by atoms with van der Waals surface area (Å²) < 4.78 is 28.7. The van der Waals surface area contributed by atoms with Gasteiger partial charge in [0.25, 0.3) is 0 Å². The van der Waals surface area contributed by atoms with Gasteiger partial charge >= 0.3 is 10.2 Å². The molecule has 0 aliphatic carbocycles. The molecule has 0 aromatic heterocycles. The summed E-state index contributed by atoms with van der Waals surface area (Å²) in [4.78, 5) is 29.1. The molecule has 208 valence electrons. The van der Waals surface area contributed by atoms with Crippen LogP contribution < -0.4 is 9.62 Å². The lowest BCUT2D eigenvalue weighted by molar-refractivity contribution is -0.140. The second kappa shape index (κ2) is 13.6. The molecule has 8 nitrogen and oxygen atoms in total. The van der Waals surface area contributed by atoms with Crippen LogP contribution in [0.4, 0.5) is 5.69 Å². The summed E-state index contributed by atoms with van der Waals surface area (Å²) in [6, 6.07) is 23.8. The lowest BCUT2D eigenvalue weighted by Gasteiger charge is -2.34. The van der Waals surface area contributed by atoms with Crippen LogP contribution in [-0.4, -0.2) is 62.2 Å². The van der Waals surface area contributed by atoms with E-state index in [4.69, 9.17) is 11.6 Å². The van der Waals surface area contributed by atoms with Crippen molar-refractivity contribution < 1.29 is 18.0 Å². The van der Waals surface area contributed by atoms with Gasteiger partial charge in [0, 0.05) is 38.1 Å². The van der Waals surface area contributed by atoms with E-state index in [0.717, 1.165) is 14.2 Å². The van der Waals surface area contributed by atoms with Crippen molar-refractivity contribution in [3.05, 3.63) is 101 Å². The average Bonchev–Trinajstić information content (AvgIpc) is 2.90. The number of carbonyl (C=O) groups is 2. The minimum atomic E-state index is -4.03. The van der Waals surface area contributed by atoms with Crippen LogP contribution in [0.25, 0.3) is 0 Å². The maximum atomic E-state index is 14.1. The molecule has 0 bridgehead atoms. The van der Waals surface area contributed by atoms with E-state index >= 15 is 0 Å². The van der Waals surface area contributed by atoms with E-state index in [-0.39, 0.29) is 24.9 Å². The van der Waals surface area contributed by atoms with E-state index in [0.29, 0.717) is 16.3 Å². The zero-order chi connectivity index (χ0) is 28.6. The van der Waals surface area contributed by atoms with Crippen molar-refractivity contribution in [1.29, 1.82) is 0 Å². The van der Waals surface area contributed by atoms with Gasteiger partial charge < -0.3 is 10.2 Å². The lowest BCUT2D eigenvalue weighted by atomic mass is 10.0. The molecule has 39 heavy (non-hydrogen) atoms. The highest BCUT2D eigenvalue weighted by molar-refractivity contribution is 7.90. The van der Waals surface area contributed by atoms with Crippen LogP contribution in [-0.2, 0) is 32.8 Å². The maximum Gasteiger partial charge on any atom is 0.304 e. The number of nitrogens with zero attached hydrogens (tertiary/aromatic N) is 3. The average molecular weight is 571 g/mol. The summed E-state index contributed by atoms with van der Waals surface area (Å²) in [6.45, 7) is 3.21. The van der Waals surface area contributed by atoms with Gasteiger partial charge in [-0.1, -0.05) is 78.3 Å². The van der Waals surface area contributed by atoms with Crippen molar-refractivity contribution in [3.63, 3.8) is 0 Å². The normalized spacial score (nSPS) is 12.3. The van der Waals surface area contributed by atoms with Crippen molar-refractivity contribution in [2.24, 2.45) is 0 Å². The van der Waals surface area contributed by atoms with E-state index in [1.165, 1.54) is 19.0 Å². The first-order chi connectivity index (χ1) is 18.5. The van der Waals surface area contributed by atoms with Crippen LogP contribution in [0.15, 0.2) is 84.9 Å². The topological polar surface area (TPSA) is 90.0 Å². The van der Waals surface area contributed by atoms with E-state index in [2.05, 4.69) is 5.32 Å². The fourth-order valence-electron chi connectivity index (χ4n) is 4.06. The summed E-state index contributed by atoms with van der Waals surface area (Å²) >= 11 is 6.47. The van der Waals surface area contributed by atoms with Crippen LogP contribution in [0, 0.1) is 0 Å². The maximum absolute atomic E-state index is 14.1. The molecule has 0 unspecified atom stereocenters. The monoisotopic (exact) mass is 570 g/mol. The van der Waals surface area contributed by atoms with Crippen molar-refractivity contribution in [1.82, 2.24) is 14.5 Å². The van der Waals surface area contributed by atoms with Crippen LogP contribution in [0.2, 0.25) is 5.02 Å². The summed E-state index contributed by atoms with van der Waals surface area (Å²) in [5.74, 6) is -0.875. The Morgan fingerprint density at radius 2 is 1.44 bits per heavy atom. The zero-order valence-electron chi connectivity index (χ0n) is 22.6. The first-order valence-electron chi connectivity index (χ1n) is 12.6. The molecule has 0 heterocycles. The highest BCUT2D eigenvalue weighted by Crippen LogP contribution is 2.23. The predicted molar refractivity (Wildman–Crippen MR) is 156 cm³/mol. The van der Waals surface area contributed by atoms with E-state index in [1.807, 2.05) is 44.2 Å². The molecule has 3 aromatic rings. The van der Waals surface area contributed by atoms with Gasteiger partial charge in [0.05, 0.1) is 5.69 Å². The summed E-state index contributed by atoms with van der Waals surface area (Å²) in [5, 5.41) is 3.37. The molecule has 3 aromatic carbocycles. The highest BCUT2D eigenvalue weighted by atomic mass is 35.5. The molecule has 0 fully saturated rings. The van der Waals surface area contributed by atoms with E-state index in [1.54, 1.807) is 54.6 Å². The van der Waals surface area contributed by atoms with Crippen LogP contribution >= 0.6 is 11.6 Å². The molecular formula is C29H35ClN4O4S. The first kappa shape index (κ1) is 30.1. The molecule has 3 rings (SSSR count). The Bertz CT molecular complexity index is 1350. The highest BCUT2D eigenvalue weighted by Gasteiger charge is 2.35. The largest absolute Gasteiger partial charge is 0.352 e. The number of hydrogen-bond donors (Lipinski definition) is 1. The Morgan fingerprint density at radius 1 is 0.872 bits per heavy atom. The van der Waals surface area contributed by atoms with Gasteiger partial charge in [0.15, 0.2) is 0 Å². The van der Waals surface area contributed by atoms with Crippen molar-refractivity contribution in [3.8, 4) is 0 Å². The SMILES string of the molecule is CC(C)NC(=O)[C@H](Cc1ccccc1)N(Cc1ccccc1Cl)C(=O)CN(c1ccccc1)S(=O)(=O)N(C)C. The molecule has 0 saturated heterocycles. The summed E-state index contributed by atoms with van der Waals surface area (Å²) in [5.41, 5.74) is 1.84. The molecule has 0 aliphatic rings. The van der Waals surface area contributed by atoms with Gasteiger partial charge in [-0.15, -0.1) is 0 Å². The summed E-state index contributed by atoms with van der Waals surface area (Å²) in [6.07, 6.45) is 0.237. The van der Waals surface area contributed by atoms with Gasteiger partial charge in [-0.25, -0.2) is 4.31 Å². The Hall–Kier alpha value is -3.40. The molecule has 10 heteroatoms. The Labute approximate surface area is 236 Å². The minimum Gasteiger partial charge on any atom is -0.352 e. The molecule has 2 amide bonds. The van der Waals surface area contributed by atoms with Gasteiger partial charge in [-0.05, 0) is 43.2 Å². The molecule has 1 N–H and O–H groups in total. The van der Waals surface area contributed by atoms with Crippen LogP contribution in [0.5, 0.6) is 0 Å². The number of para-hydroxylation sites is 1. The van der Waals surface area contributed by atoms with Crippen molar-refractivity contribution >= 4 is 39.3 Å². The van der Waals surface area contributed by atoms with Gasteiger partial charge in [-0.2, -0.15) is 12.7 Å². The number of anilines is 1. The predicted octanol–water partition coefficient (Wildman–Crippen LogP) is 4.12. The quantitative estimate of drug-likeness (QED) is 0.355. The number of hydrogen-bond acceptors (Lipinski definition) is 4. The minimum absolute atomic E-state index is 0.0200. The van der Waals surface area contributed by atoms with Crippen molar-refractivity contribution in [2.75, 3.05) is 24.9 Å². The third kappa shape index (κ3) is 8.05. The third-order valence-electron chi connectivity index (χ3n) is 6.06. The number of nitrogens with one attached hydrogen (secondary N) is 1. The van der Waals surface area contributed by atoms with Gasteiger partial charge in [-0.3, -0.25) is 9.59 Å². The van der Waals surface area contributed by atoms with E-state index in [9.17, 15) is 18.0 Å². The van der Waals surface area contributed by atoms with Gasteiger partial charge in [0.2, 0.25) is 11.8 Å². The molecule has 0 saturated carbocycles. The van der Waals surface area contributed by atoms with Gasteiger partial charge in [0.1, 0.15) is 12.6 Å². The number of amides is 2. The third-order valence-corrected chi connectivity index (χ3v) is 8.25. The molecule has 0 aliphatic heterocycles.